The summed E-state index contributed by atoms with van der Waals surface area (Å²) in [6.07, 6.45) is 0.149. The molecule has 2 amide bonds. The molecule has 0 aliphatic carbocycles. The average molecular weight is 384 g/mol. The molecule has 2 aromatic carbocycles. The number of para-hydroxylation sites is 4. The summed E-state index contributed by atoms with van der Waals surface area (Å²) in [5, 5.41) is 2.61. The number of hydrogen-bond donors (Lipinski definition) is 1. The van der Waals surface area contributed by atoms with Crippen LogP contribution in [-0.2, 0) is 19.1 Å². The van der Waals surface area contributed by atoms with Crippen molar-refractivity contribution in [2.45, 2.75) is 6.42 Å². The minimum absolute atomic E-state index is 0.149. The van der Waals surface area contributed by atoms with Gasteiger partial charge >= 0.3 is 5.97 Å². The zero-order valence-corrected chi connectivity index (χ0v) is 15.3. The van der Waals surface area contributed by atoms with Crippen molar-refractivity contribution in [3.63, 3.8) is 0 Å². The van der Waals surface area contributed by atoms with Gasteiger partial charge in [-0.1, -0.05) is 24.3 Å². The van der Waals surface area contributed by atoms with Crippen LogP contribution in [0, 0.1) is 0 Å². The fourth-order valence-electron chi connectivity index (χ4n) is 2.75. The summed E-state index contributed by atoms with van der Waals surface area (Å²) in [6.45, 7) is -0.541. The molecule has 0 spiro atoms. The number of carbonyl (C=O) groups is 3. The van der Waals surface area contributed by atoms with Gasteiger partial charge in [0.1, 0.15) is 18.0 Å². The van der Waals surface area contributed by atoms with Crippen LogP contribution in [0.3, 0.4) is 0 Å². The SMILES string of the molecule is COc1ccccc1NC(=O)COC(=O)CN1C(=O)CCOc2ccccc21. The number of amides is 2. The van der Waals surface area contributed by atoms with E-state index in [4.69, 9.17) is 14.2 Å². The Kier molecular flexibility index (Phi) is 6.11. The number of nitrogens with zero attached hydrogens (tertiary/aromatic N) is 1. The van der Waals surface area contributed by atoms with E-state index < -0.39 is 18.5 Å². The number of fused-ring (bicyclic) bond motifs is 1. The van der Waals surface area contributed by atoms with E-state index in [1.54, 1.807) is 48.5 Å². The second-order valence-electron chi connectivity index (χ2n) is 5.96. The molecule has 1 heterocycles. The van der Waals surface area contributed by atoms with Crippen molar-refractivity contribution in [2.75, 3.05) is 37.1 Å². The largest absolute Gasteiger partial charge is 0.495 e. The molecule has 0 atom stereocenters. The van der Waals surface area contributed by atoms with Crippen LogP contribution in [0.1, 0.15) is 6.42 Å². The minimum Gasteiger partial charge on any atom is -0.495 e. The van der Waals surface area contributed by atoms with Crippen LogP contribution in [0.2, 0.25) is 0 Å². The van der Waals surface area contributed by atoms with Gasteiger partial charge in [0.05, 0.1) is 31.5 Å². The van der Waals surface area contributed by atoms with Gasteiger partial charge in [-0.15, -0.1) is 0 Å². The molecule has 0 saturated carbocycles. The first kappa shape index (κ1) is 19.2. The maximum atomic E-state index is 12.3. The third kappa shape index (κ3) is 4.59. The first-order valence-corrected chi connectivity index (χ1v) is 8.69. The molecule has 0 unspecified atom stereocenters. The Morgan fingerprint density at radius 1 is 1.14 bits per heavy atom. The van der Waals surface area contributed by atoms with Gasteiger partial charge in [-0.2, -0.15) is 0 Å². The van der Waals surface area contributed by atoms with Crippen molar-refractivity contribution < 1.29 is 28.6 Å². The summed E-state index contributed by atoms with van der Waals surface area (Å²) in [5.41, 5.74) is 0.972. The van der Waals surface area contributed by atoms with Crippen LogP contribution in [0.5, 0.6) is 11.5 Å². The molecule has 0 fully saturated rings. The summed E-state index contributed by atoms with van der Waals surface area (Å²) >= 11 is 0. The Hall–Kier alpha value is -3.55. The molecular weight excluding hydrogens is 364 g/mol. The van der Waals surface area contributed by atoms with Gasteiger partial charge in [-0.05, 0) is 24.3 Å². The van der Waals surface area contributed by atoms with E-state index in [0.29, 0.717) is 22.9 Å². The summed E-state index contributed by atoms with van der Waals surface area (Å²) in [4.78, 5) is 37.9. The minimum atomic E-state index is -0.694. The highest BCUT2D eigenvalue weighted by Crippen LogP contribution is 2.30. The number of benzene rings is 2. The third-order valence-electron chi connectivity index (χ3n) is 4.06. The predicted molar refractivity (Wildman–Crippen MR) is 101 cm³/mol. The lowest BCUT2D eigenvalue weighted by atomic mass is 10.2. The Balaban J connectivity index is 1.58. The first-order chi connectivity index (χ1) is 13.6. The topological polar surface area (TPSA) is 94.2 Å². The van der Waals surface area contributed by atoms with E-state index in [9.17, 15) is 14.4 Å². The second-order valence-corrected chi connectivity index (χ2v) is 5.96. The molecular formula is C20H20N2O6. The van der Waals surface area contributed by atoms with Crippen LogP contribution in [0.4, 0.5) is 11.4 Å². The molecule has 8 nitrogen and oxygen atoms in total. The monoisotopic (exact) mass is 384 g/mol. The lowest BCUT2D eigenvalue weighted by Crippen LogP contribution is -2.37. The average Bonchev–Trinajstić information content (AvgIpc) is 2.86. The highest BCUT2D eigenvalue weighted by atomic mass is 16.5. The number of anilines is 2. The normalized spacial score (nSPS) is 13.0. The number of nitrogens with one attached hydrogen (secondary N) is 1. The second kappa shape index (κ2) is 8.90. The first-order valence-electron chi connectivity index (χ1n) is 8.69. The Morgan fingerprint density at radius 3 is 2.71 bits per heavy atom. The van der Waals surface area contributed by atoms with Crippen molar-refractivity contribution in [2.24, 2.45) is 0 Å². The van der Waals surface area contributed by atoms with Crippen LogP contribution >= 0.6 is 0 Å². The van der Waals surface area contributed by atoms with E-state index in [1.807, 2.05) is 0 Å². The van der Waals surface area contributed by atoms with E-state index in [-0.39, 0.29) is 25.5 Å². The summed E-state index contributed by atoms with van der Waals surface area (Å²) in [5.74, 6) is -0.437. The molecule has 8 heteroatoms. The number of rotatable bonds is 6. The number of ether oxygens (including phenoxy) is 3. The van der Waals surface area contributed by atoms with Crippen LogP contribution in [-0.4, -0.2) is 44.7 Å². The van der Waals surface area contributed by atoms with Gasteiger partial charge in [-0.3, -0.25) is 19.3 Å². The number of esters is 1. The smallest absolute Gasteiger partial charge is 0.326 e. The molecule has 1 N–H and O–H groups in total. The molecule has 0 radical (unpaired) electrons. The van der Waals surface area contributed by atoms with Crippen LogP contribution in [0.25, 0.3) is 0 Å². The maximum Gasteiger partial charge on any atom is 0.326 e. The highest BCUT2D eigenvalue weighted by Gasteiger charge is 2.25. The van der Waals surface area contributed by atoms with E-state index in [0.717, 1.165) is 0 Å². The zero-order chi connectivity index (χ0) is 19.9. The molecule has 28 heavy (non-hydrogen) atoms. The molecule has 2 aromatic rings. The highest BCUT2D eigenvalue weighted by molar-refractivity contribution is 6.00. The zero-order valence-electron chi connectivity index (χ0n) is 15.3. The summed E-state index contributed by atoms with van der Waals surface area (Å²) in [6, 6.07) is 13.8. The molecule has 3 rings (SSSR count). The molecule has 0 bridgehead atoms. The fraction of sp³-hybridized carbons (Fsp3) is 0.250. The molecule has 0 aromatic heterocycles. The van der Waals surface area contributed by atoms with Crippen LogP contribution < -0.4 is 19.7 Å². The van der Waals surface area contributed by atoms with Gasteiger partial charge in [0.2, 0.25) is 5.91 Å². The van der Waals surface area contributed by atoms with Crippen molar-refractivity contribution in [1.29, 1.82) is 0 Å². The van der Waals surface area contributed by atoms with Crippen molar-refractivity contribution >= 4 is 29.2 Å². The van der Waals surface area contributed by atoms with E-state index in [1.165, 1.54) is 12.0 Å². The van der Waals surface area contributed by atoms with Gasteiger partial charge in [0.15, 0.2) is 6.61 Å². The van der Waals surface area contributed by atoms with Crippen molar-refractivity contribution in [3.05, 3.63) is 48.5 Å². The lowest BCUT2D eigenvalue weighted by molar-refractivity contribution is -0.146. The Labute approximate surface area is 162 Å². The maximum absolute atomic E-state index is 12.3. The quantitative estimate of drug-likeness (QED) is 0.766. The number of methoxy groups -OCH3 is 1. The van der Waals surface area contributed by atoms with Gasteiger partial charge < -0.3 is 19.5 Å². The number of carbonyl (C=O) groups excluding carboxylic acids is 3. The summed E-state index contributed by atoms with van der Waals surface area (Å²) < 4.78 is 15.7. The van der Waals surface area contributed by atoms with Gasteiger partial charge in [0.25, 0.3) is 5.91 Å². The fourth-order valence-corrected chi connectivity index (χ4v) is 2.75. The van der Waals surface area contributed by atoms with E-state index >= 15 is 0 Å². The molecule has 0 saturated heterocycles. The van der Waals surface area contributed by atoms with E-state index in [2.05, 4.69) is 5.32 Å². The lowest BCUT2D eigenvalue weighted by Gasteiger charge is -2.20. The number of hydrogen-bond acceptors (Lipinski definition) is 6. The molecule has 1 aliphatic heterocycles. The molecule has 1 aliphatic rings. The van der Waals surface area contributed by atoms with Crippen molar-refractivity contribution in [1.82, 2.24) is 0 Å². The van der Waals surface area contributed by atoms with Crippen LogP contribution in [0.15, 0.2) is 48.5 Å². The standard InChI is InChI=1S/C20H20N2O6/c1-26-16-8-4-2-6-14(16)21-18(23)13-28-20(25)12-22-15-7-3-5-9-17(15)27-11-10-19(22)24/h2-9H,10-13H2,1H3,(H,21,23). The Bertz CT molecular complexity index is 883. The Morgan fingerprint density at radius 2 is 1.89 bits per heavy atom. The van der Waals surface area contributed by atoms with Gasteiger partial charge in [-0.25, -0.2) is 0 Å². The third-order valence-corrected chi connectivity index (χ3v) is 4.06. The predicted octanol–water partition coefficient (Wildman–Crippen LogP) is 1.99. The van der Waals surface area contributed by atoms with Gasteiger partial charge in [0, 0.05) is 0 Å². The van der Waals surface area contributed by atoms with Crippen molar-refractivity contribution in [3.8, 4) is 11.5 Å². The molecule has 146 valence electrons. The summed E-state index contributed by atoms with van der Waals surface area (Å²) in [7, 11) is 1.49.